The van der Waals surface area contributed by atoms with E-state index < -0.39 is 0 Å². The third-order valence-electron chi connectivity index (χ3n) is 2.29. The Hall–Kier alpha value is -0.420. The van der Waals surface area contributed by atoms with Gasteiger partial charge in [-0.25, -0.2) is 15.7 Å². The number of hydrogen-bond acceptors (Lipinski definition) is 3. The summed E-state index contributed by atoms with van der Waals surface area (Å²) in [6.45, 7) is 3.57. The number of nitrogens with zero attached hydrogens (tertiary/aromatic N) is 2. The largest absolute Gasteiger partial charge is 0.453 e. The van der Waals surface area contributed by atoms with Crippen LogP contribution in [0.25, 0.3) is 0 Å². The lowest BCUT2D eigenvalue weighted by molar-refractivity contribution is 0.0967. The number of carbonyl (C=O) groups is 1. The summed E-state index contributed by atoms with van der Waals surface area (Å²) in [5.41, 5.74) is 0. The molecular formula is C9H20N2O2S. The van der Waals surface area contributed by atoms with Crippen LogP contribution in [0.5, 0.6) is 0 Å². The fourth-order valence-electron chi connectivity index (χ4n) is 1.60. The third-order valence-corrected chi connectivity index (χ3v) is 3.25. The molecule has 0 unspecified atom stereocenters. The van der Waals surface area contributed by atoms with Crippen molar-refractivity contribution < 1.29 is 9.53 Å². The van der Waals surface area contributed by atoms with Crippen molar-refractivity contribution in [2.24, 2.45) is 0 Å². The van der Waals surface area contributed by atoms with Crippen molar-refractivity contribution in [3.05, 3.63) is 0 Å². The highest BCUT2D eigenvalue weighted by atomic mass is 32.2. The number of thiol groups is 1. The Bertz CT molecular complexity index is 191. The van der Waals surface area contributed by atoms with Crippen LogP contribution in [0.15, 0.2) is 0 Å². The fraction of sp³-hybridized carbons (Fsp3) is 0.889. The molecule has 0 radical (unpaired) electrons. The van der Waals surface area contributed by atoms with E-state index in [9.17, 15) is 4.79 Å². The first-order chi connectivity index (χ1) is 6.63. The molecule has 4 nitrogen and oxygen atoms in total. The molecule has 0 N–H and O–H groups in total. The summed E-state index contributed by atoms with van der Waals surface area (Å²) >= 11 is 0. The lowest BCUT2D eigenvalue weighted by Gasteiger charge is -2.35. The summed E-state index contributed by atoms with van der Waals surface area (Å²) in [6.07, 6.45) is 4.37. The molecule has 1 heterocycles. The van der Waals surface area contributed by atoms with Gasteiger partial charge in [-0.1, -0.05) is 0 Å². The van der Waals surface area contributed by atoms with Crippen molar-refractivity contribution >= 4 is 17.0 Å². The second kappa shape index (κ2) is 5.46. The van der Waals surface area contributed by atoms with Crippen LogP contribution in [-0.4, -0.2) is 67.6 Å². The van der Waals surface area contributed by atoms with E-state index in [0.29, 0.717) is 0 Å². The molecule has 1 rings (SSSR count). The van der Waals surface area contributed by atoms with E-state index in [2.05, 4.69) is 22.1 Å². The van der Waals surface area contributed by atoms with E-state index >= 15 is 0 Å². The van der Waals surface area contributed by atoms with Crippen LogP contribution in [0.1, 0.15) is 0 Å². The summed E-state index contributed by atoms with van der Waals surface area (Å²) in [6, 6.07) is 0. The Labute approximate surface area is 88.5 Å². The predicted octanol–water partition coefficient (Wildman–Crippen LogP) is 0.589. The number of hydrogen-bond donors (Lipinski definition) is 1. The van der Waals surface area contributed by atoms with E-state index in [1.807, 2.05) is 0 Å². The van der Waals surface area contributed by atoms with Gasteiger partial charge in [0, 0.05) is 32.1 Å². The number of ether oxygens (including phenoxy) is 1. The van der Waals surface area contributed by atoms with Gasteiger partial charge in [-0.05, 0) is 12.5 Å². The second-order valence-electron chi connectivity index (χ2n) is 3.80. The van der Waals surface area contributed by atoms with E-state index in [-0.39, 0.29) is 17.0 Å². The first-order valence-corrected chi connectivity index (χ1v) is 7.25. The zero-order chi connectivity index (χ0) is 10.6. The minimum atomic E-state index is -0.195. The molecular weight excluding hydrogens is 200 g/mol. The Morgan fingerprint density at radius 3 is 2.29 bits per heavy atom. The minimum Gasteiger partial charge on any atom is -0.453 e. The first kappa shape index (κ1) is 11.7. The normalized spacial score (nSPS) is 19.4. The number of methoxy groups -OCH3 is 1. The standard InChI is InChI=1S/C9H20N2O2S/c1-13-9(12)11-6-4-10(5-7-11)8-14(2)3/h14H,4-8H2,1-3H3. The Morgan fingerprint density at radius 1 is 1.29 bits per heavy atom. The summed E-state index contributed by atoms with van der Waals surface area (Å²) in [5, 5.41) is 0. The van der Waals surface area contributed by atoms with Gasteiger partial charge in [-0.2, -0.15) is 0 Å². The van der Waals surface area contributed by atoms with Crippen LogP contribution in [0.2, 0.25) is 0 Å². The second-order valence-corrected chi connectivity index (χ2v) is 6.24. The molecule has 1 saturated heterocycles. The number of carbonyl (C=O) groups excluding carboxylic acids is 1. The number of amides is 1. The molecule has 84 valence electrons. The van der Waals surface area contributed by atoms with Crippen LogP contribution in [0, 0.1) is 0 Å². The maximum Gasteiger partial charge on any atom is 0.409 e. The van der Waals surface area contributed by atoms with E-state index in [0.717, 1.165) is 26.2 Å². The van der Waals surface area contributed by atoms with Gasteiger partial charge in [0.1, 0.15) is 0 Å². The number of rotatable bonds is 2. The molecule has 0 aliphatic carbocycles. The van der Waals surface area contributed by atoms with Gasteiger partial charge in [-0.3, -0.25) is 4.90 Å². The molecule has 5 heteroatoms. The van der Waals surface area contributed by atoms with Crippen molar-refractivity contribution in [3.63, 3.8) is 0 Å². The van der Waals surface area contributed by atoms with Crippen LogP contribution in [0.4, 0.5) is 4.79 Å². The van der Waals surface area contributed by atoms with Gasteiger partial charge in [0.25, 0.3) is 0 Å². The Kier molecular flexibility index (Phi) is 4.54. The molecule has 0 spiro atoms. The average Bonchev–Trinajstić information content (AvgIpc) is 2.17. The van der Waals surface area contributed by atoms with E-state index in [1.54, 1.807) is 4.90 Å². The average molecular weight is 220 g/mol. The molecule has 0 atom stereocenters. The smallest absolute Gasteiger partial charge is 0.409 e. The monoisotopic (exact) mass is 220 g/mol. The summed E-state index contributed by atoms with van der Waals surface area (Å²) < 4.78 is 4.68. The van der Waals surface area contributed by atoms with Crippen molar-refractivity contribution in [3.8, 4) is 0 Å². The topological polar surface area (TPSA) is 32.8 Å². The van der Waals surface area contributed by atoms with Gasteiger partial charge in [-0.15, -0.1) is 0 Å². The Balaban J connectivity index is 2.27. The van der Waals surface area contributed by atoms with Crippen molar-refractivity contribution in [1.29, 1.82) is 0 Å². The van der Waals surface area contributed by atoms with Crippen LogP contribution < -0.4 is 0 Å². The van der Waals surface area contributed by atoms with Crippen molar-refractivity contribution in [2.45, 2.75) is 0 Å². The van der Waals surface area contributed by atoms with Crippen molar-refractivity contribution in [1.82, 2.24) is 9.80 Å². The molecule has 0 aromatic carbocycles. The highest BCUT2D eigenvalue weighted by Crippen LogP contribution is 2.16. The molecule has 1 fully saturated rings. The highest BCUT2D eigenvalue weighted by Gasteiger charge is 2.20. The molecule has 0 bridgehead atoms. The van der Waals surface area contributed by atoms with Crippen LogP contribution in [0.3, 0.4) is 0 Å². The first-order valence-electron chi connectivity index (χ1n) is 4.83. The minimum absolute atomic E-state index is 0.135. The highest BCUT2D eigenvalue weighted by molar-refractivity contribution is 8.15. The summed E-state index contributed by atoms with van der Waals surface area (Å²) in [7, 11) is 1.57. The molecule has 1 amide bonds. The van der Waals surface area contributed by atoms with Gasteiger partial charge in [0.05, 0.1) is 7.11 Å². The van der Waals surface area contributed by atoms with Gasteiger partial charge < -0.3 is 9.64 Å². The fourth-order valence-corrected chi connectivity index (χ4v) is 2.68. The molecule has 1 aliphatic rings. The van der Waals surface area contributed by atoms with Gasteiger partial charge in [0.15, 0.2) is 0 Å². The van der Waals surface area contributed by atoms with Crippen molar-refractivity contribution in [2.75, 3.05) is 51.7 Å². The van der Waals surface area contributed by atoms with Gasteiger partial charge in [0.2, 0.25) is 0 Å². The number of piperazine rings is 1. The molecule has 0 aromatic heterocycles. The maximum atomic E-state index is 11.2. The lowest BCUT2D eigenvalue weighted by atomic mass is 10.3. The lowest BCUT2D eigenvalue weighted by Crippen LogP contribution is -2.48. The molecule has 14 heavy (non-hydrogen) atoms. The summed E-state index contributed by atoms with van der Waals surface area (Å²) in [5.74, 6) is 1.18. The molecule has 0 aromatic rings. The SMILES string of the molecule is COC(=O)N1CCN(C[SH](C)C)CC1. The zero-order valence-electron chi connectivity index (χ0n) is 9.19. The Morgan fingerprint density at radius 2 is 1.86 bits per heavy atom. The summed E-state index contributed by atoms with van der Waals surface area (Å²) in [4.78, 5) is 15.4. The van der Waals surface area contributed by atoms with E-state index in [1.165, 1.54) is 13.0 Å². The molecule has 0 saturated carbocycles. The zero-order valence-corrected chi connectivity index (χ0v) is 10.1. The maximum absolute atomic E-state index is 11.2. The van der Waals surface area contributed by atoms with E-state index in [4.69, 9.17) is 0 Å². The van der Waals surface area contributed by atoms with Crippen LogP contribution >= 0.6 is 10.9 Å². The van der Waals surface area contributed by atoms with Crippen LogP contribution in [-0.2, 0) is 4.74 Å². The predicted molar refractivity (Wildman–Crippen MR) is 61.3 cm³/mol. The van der Waals surface area contributed by atoms with Gasteiger partial charge >= 0.3 is 6.09 Å². The third kappa shape index (κ3) is 3.38. The quantitative estimate of drug-likeness (QED) is 0.691. The molecule has 1 aliphatic heterocycles.